The number of rotatable bonds is 6. The SMILES string of the molecule is CCCc1nc(C)nc(C(=O)N2CCN(C(=O)Nc3ccc(C)cc3C)C(C)C2)c1C(=O)OCC. The van der Waals surface area contributed by atoms with Gasteiger partial charge in [-0.3, -0.25) is 4.79 Å². The first-order valence-electron chi connectivity index (χ1n) is 12.1. The fourth-order valence-corrected chi connectivity index (χ4v) is 4.36. The van der Waals surface area contributed by atoms with Gasteiger partial charge in [-0.25, -0.2) is 19.6 Å². The molecule has 35 heavy (non-hydrogen) atoms. The Hall–Kier alpha value is -3.49. The molecule has 188 valence electrons. The number of nitrogens with one attached hydrogen (secondary N) is 1. The predicted molar refractivity (Wildman–Crippen MR) is 134 cm³/mol. The lowest BCUT2D eigenvalue weighted by molar-refractivity contribution is 0.0502. The minimum absolute atomic E-state index is 0.0692. The van der Waals surface area contributed by atoms with Gasteiger partial charge in [0.1, 0.15) is 17.1 Å². The summed E-state index contributed by atoms with van der Waals surface area (Å²) in [5.41, 5.74) is 3.64. The third kappa shape index (κ3) is 5.96. The van der Waals surface area contributed by atoms with Gasteiger partial charge in [-0.2, -0.15) is 0 Å². The fourth-order valence-electron chi connectivity index (χ4n) is 4.36. The van der Waals surface area contributed by atoms with E-state index in [2.05, 4.69) is 15.3 Å². The Morgan fingerprint density at radius 1 is 1.11 bits per heavy atom. The van der Waals surface area contributed by atoms with E-state index in [1.54, 1.807) is 23.6 Å². The number of hydrogen-bond acceptors (Lipinski definition) is 6. The molecule has 2 aromatic rings. The molecule has 1 N–H and O–H groups in total. The quantitative estimate of drug-likeness (QED) is 0.627. The van der Waals surface area contributed by atoms with Crippen LogP contribution in [0.1, 0.15) is 70.7 Å². The van der Waals surface area contributed by atoms with Gasteiger partial charge in [0.2, 0.25) is 0 Å². The number of piperazine rings is 1. The van der Waals surface area contributed by atoms with Crippen molar-refractivity contribution in [2.75, 3.05) is 31.6 Å². The molecule has 1 saturated heterocycles. The molecule has 1 fully saturated rings. The lowest BCUT2D eigenvalue weighted by atomic mass is 10.1. The second-order valence-corrected chi connectivity index (χ2v) is 8.95. The zero-order valence-electron chi connectivity index (χ0n) is 21.5. The third-order valence-corrected chi connectivity index (χ3v) is 6.06. The van der Waals surface area contributed by atoms with Gasteiger partial charge in [0.05, 0.1) is 12.3 Å². The summed E-state index contributed by atoms with van der Waals surface area (Å²) in [5.74, 6) is -0.500. The lowest BCUT2D eigenvalue weighted by Gasteiger charge is -2.39. The number of nitrogens with zero attached hydrogens (tertiary/aromatic N) is 4. The number of aromatic nitrogens is 2. The molecule has 9 heteroatoms. The Kier molecular flexibility index (Phi) is 8.43. The van der Waals surface area contributed by atoms with Gasteiger partial charge in [0.15, 0.2) is 0 Å². The first kappa shape index (κ1) is 26.1. The number of benzene rings is 1. The molecule has 0 bridgehead atoms. The number of anilines is 1. The summed E-state index contributed by atoms with van der Waals surface area (Å²) in [6.45, 7) is 12.5. The molecule has 1 unspecified atom stereocenters. The van der Waals surface area contributed by atoms with Gasteiger partial charge in [-0.15, -0.1) is 0 Å². The van der Waals surface area contributed by atoms with E-state index in [9.17, 15) is 14.4 Å². The smallest absolute Gasteiger partial charge is 0.342 e. The van der Waals surface area contributed by atoms with Crippen LogP contribution in [0.4, 0.5) is 10.5 Å². The second-order valence-electron chi connectivity index (χ2n) is 8.95. The van der Waals surface area contributed by atoms with Crippen molar-refractivity contribution in [3.63, 3.8) is 0 Å². The van der Waals surface area contributed by atoms with E-state index in [-0.39, 0.29) is 35.8 Å². The number of amides is 3. The molecule has 9 nitrogen and oxygen atoms in total. The van der Waals surface area contributed by atoms with E-state index in [0.717, 1.165) is 23.2 Å². The Labute approximate surface area is 206 Å². The molecule has 0 saturated carbocycles. The number of carbonyl (C=O) groups excluding carboxylic acids is 3. The minimum Gasteiger partial charge on any atom is -0.462 e. The number of aryl methyl sites for hydroxylation is 4. The van der Waals surface area contributed by atoms with Gasteiger partial charge in [-0.1, -0.05) is 31.0 Å². The van der Waals surface area contributed by atoms with Gasteiger partial charge < -0.3 is 19.9 Å². The average molecular weight is 482 g/mol. The third-order valence-electron chi connectivity index (χ3n) is 6.06. The van der Waals surface area contributed by atoms with Crippen LogP contribution in [0.5, 0.6) is 0 Å². The van der Waals surface area contributed by atoms with Crippen LogP contribution in [-0.2, 0) is 11.2 Å². The maximum atomic E-state index is 13.5. The first-order valence-corrected chi connectivity index (χ1v) is 12.1. The monoisotopic (exact) mass is 481 g/mol. The van der Waals surface area contributed by atoms with Gasteiger partial charge in [0, 0.05) is 31.4 Å². The molecule has 3 rings (SSSR count). The number of hydrogen-bond donors (Lipinski definition) is 1. The van der Waals surface area contributed by atoms with Crippen LogP contribution in [0.25, 0.3) is 0 Å². The molecule has 0 radical (unpaired) electrons. The largest absolute Gasteiger partial charge is 0.462 e. The zero-order valence-corrected chi connectivity index (χ0v) is 21.5. The maximum absolute atomic E-state index is 13.5. The van der Waals surface area contributed by atoms with Crippen molar-refractivity contribution in [3.8, 4) is 0 Å². The minimum atomic E-state index is -0.584. The summed E-state index contributed by atoms with van der Waals surface area (Å²) in [5, 5.41) is 2.98. The van der Waals surface area contributed by atoms with Crippen molar-refractivity contribution in [1.29, 1.82) is 0 Å². The average Bonchev–Trinajstić information content (AvgIpc) is 2.80. The Morgan fingerprint density at radius 3 is 2.49 bits per heavy atom. The van der Waals surface area contributed by atoms with E-state index in [1.165, 1.54) is 0 Å². The highest BCUT2D eigenvalue weighted by molar-refractivity contribution is 6.04. The Morgan fingerprint density at radius 2 is 1.86 bits per heavy atom. The Bertz CT molecular complexity index is 1120. The van der Waals surface area contributed by atoms with Crippen molar-refractivity contribution in [2.24, 2.45) is 0 Å². The fraction of sp³-hybridized carbons (Fsp3) is 0.500. The van der Waals surface area contributed by atoms with Gasteiger partial charge in [-0.05, 0) is 52.7 Å². The van der Waals surface area contributed by atoms with E-state index >= 15 is 0 Å². The predicted octanol–water partition coefficient (Wildman–Crippen LogP) is 3.91. The molecule has 2 heterocycles. The van der Waals surface area contributed by atoms with Crippen molar-refractivity contribution in [2.45, 2.75) is 60.4 Å². The second kappa shape index (κ2) is 11.3. The molecular formula is C26H35N5O4. The van der Waals surface area contributed by atoms with Crippen molar-refractivity contribution in [3.05, 3.63) is 52.1 Å². The van der Waals surface area contributed by atoms with Crippen molar-refractivity contribution >= 4 is 23.6 Å². The highest BCUT2D eigenvalue weighted by Crippen LogP contribution is 2.21. The number of carbonyl (C=O) groups is 3. The first-order chi connectivity index (χ1) is 16.7. The summed E-state index contributed by atoms with van der Waals surface area (Å²) in [7, 11) is 0. The van der Waals surface area contributed by atoms with E-state index in [0.29, 0.717) is 37.6 Å². The Balaban J connectivity index is 1.79. The molecule has 0 spiro atoms. The van der Waals surface area contributed by atoms with Crippen LogP contribution in [0.2, 0.25) is 0 Å². The summed E-state index contributed by atoms with van der Waals surface area (Å²) in [6, 6.07) is 5.46. The molecule has 3 amide bonds. The molecule has 1 aromatic heterocycles. The summed E-state index contributed by atoms with van der Waals surface area (Å²) in [4.78, 5) is 51.4. The van der Waals surface area contributed by atoms with Crippen LogP contribution >= 0.6 is 0 Å². The van der Waals surface area contributed by atoms with Crippen LogP contribution in [-0.4, -0.2) is 70.0 Å². The molecule has 1 atom stereocenters. The number of urea groups is 1. The highest BCUT2D eigenvalue weighted by atomic mass is 16.5. The van der Waals surface area contributed by atoms with Crippen LogP contribution in [0, 0.1) is 20.8 Å². The number of esters is 1. The van der Waals surface area contributed by atoms with E-state index < -0.39 is 5.97 Å². The normalized spacial score (nSPS) is 15.7. The van der Waals surface area contributed by atoms with Crippen molar-refractivity contribution in [1.82, 2.24) is 19.8 Å². The van der Waals surface area contributed by atoms with Gasteiger partial charge in [0.25, 0.3) is 5.91 Å². The molecular weight excluding hydrogens is 446 g/mol. The maximum Gasteiger partial charge on any atom is 0.342 e. The molecule has 1 aliphatic heterocycles. The molecule has 1 aliphatic rings. The summed E-state index contributed by atoms with van der Waals surface area (Å²) >= 11 is 0. The number of ether oxygens (including phenoxy) is 1. The molecule has 1 aromatic carbocycles. The standard InChI is InChI=1S/C26H35N5O4/c1-7-9-21-22(25(33)35-8-2)23(28-19(6)27-21)24(32)30-12-13-31(18(5)15-30)26(34)29-20-11-10-16(3)14-17(20)4/h10-11,14,18H,7-9,12-13,15H2,1-6H3,(H,29,34). The zero-order chi connectivity index (χ0) is 25.7. The van der Waals surface area contributed by atoms with Crippen LogP contribution in [0.3, 0.4) is 0 Å². The summed E-state index contributed by atoms with van der Waals surface area (Å²) < 4.78 is 5.23. The van der Waals surface area contributed by atoms with Crippen LogP contribution in [0.15, 0.2) is 18.2 Å². The van der Waals surface area contributed by atoms with E-state index in [1.807, 2.05) is 45.9 Å². The van der Waals surface area contributed by atoms with E-state index in [4.69, 9.17) is 4.74 Å². The summed E-state index contributed by atoms with van der Waals surface area (Å²) in [6.07, 6.45) is 1.31. The lowest BCUT2D eigenvalue weighted by Crippen LogP contribution is -2.56. The van der Waals surface area contributed by atoms with Crippen LogP contribution < -0.4 is 5.32 Å². The topological polar surface area (TPSA) is 105 Å². The molecule has 0 aliphatic carbocycles. The van der Waals surface area contributed by atoms with Gasteiger partial charge >= 0.3 is 12.0 Å². The van der Waals surface area contributed by atoms with Crippen molar-refractivity contribution < 1.29 is 19.1 Å². The highest BCUT2D eigenvalue weighted by Gasteiger charge is 2.34.